The molecule has 1 aliphatic rings. The Morgan fingerprint density at radius 1 is 1.19 bits per heavy atom. The molecule has 8 nitrogen and oxygen atoms in total. The van der Waals surface area contributed by atoms with Crippen LogP contribution in [0, 0.1) is 5.92 Å². The normalized spacial score (nSPS) is 17.3. The lowest BCUT2D eigenvalue weighted by Gasteiger charge is -2.26. The fourth-order valence-corrected chi connectivity index (χ4v) is 3.76. The number of amides is 1. The van der Waals surface area contributed by atoms with Crippen LogP contribution in [0.4, 0.5) is 13.2 Å². The zero-order valence-electron chi connectivity index (χ0n) is 17.6. The number of aromatic nitrogens is 3. The minimum Gasteiger partial charge on any atom is -0.493 e. The summed E-state index contributed by atoms with van der Waals surface area (Å²) in [5.41, 5.74) is 1.68. The van der Waals surface area contributed by atoms with Gasteiger partial charge in [-0.05, 0) is 24.3 Å². The Hall–Kier alpha value is -3.50. The number of nitrogens with one attached hydrogen (secondary N) is 1. The molecule has 1 amide bonds. The fraction of sp³-hybridized carbons (Fsp3) is 0.381. The number of methoxy groups -OCH3 is 2. The van der Waals surface area contributed by atoms with Gasteiger partial charge in [-0.3, -0.25) is 4.79 Å². The highest BCUT2D eigenvalue weighted by molar-refractivity contribution is 5.85. The number of aryl methyl sites for hydroxylation is 1. The molecule has 1 aromatic carbocycles. The summed E-state index contributed by atoms with van der Waals surface area (Å²) in [6.45, 7) is -0.118. The molecular formula is C21H21F3N4O4. The zero-order valence-corrected chi connectivity index (χ0v) is 17.6. The van der Waals surface area contributed by atoms with E-state index in [9.17, 15) is 18.0 Å². The first-order valence-corrected chi connectivity index (χ1v) is 9.75. The van der Waals surface area contributed by atoms with Crippen molar-refractivity contribution in [1.29, 1.82) is 0 Å². The first-order chi connectivity index (χ1) is 15.2. The quantitative estimate of drug-likeness (QED) is 0.621. The molecule has 0 aliphatic carbocycles. The maximum absolute atomic E-state index is 13.9. The summed E-state index contributed by atoms with van der Waals surface area (Å²) in [4.78, 5) is 20.2. The molecule has 0 radical (unpaired) electrons. The molecule has 0 saturated carbocycles. The molecule has 32 heavy (non-hydrogen) atoms. The van der Waals surface area contributed by atoms with Gasteiger partial charge in [-0.15, -0.1) is 0 Å². The predicted molar refractivity (Wildman–Crippen MR) is 109 cm³/mol. The van der Waals surface area contributed by atoms with E-state index in [0.717, 1.165) is 0 Å². The zero-order chi connectivity index (χ0) is 23.0. The summed E-state index contributed by atoms with van der Waals surface area (Å²) in [7, 11) is 4.63. The third kappa shape index (κ3) is 4.02. The van der Waals surface area contributed by atoms with Gasteiger partial charge in [0.05, 0.1) is 31.8 Å². The maximum Gasteiger partial charge on any atom is 0.425 e. The smallest absolute Gasteiger partial charge is 0.425 e. The van der Waals surface area contributed by atoms with Gasteiger partial charge in [0.1, 0.15) is 5.52 Å². The molecule has 2 unspecified atom stereocenters. The second kappa shape index (κ2) is 8.21. The van der Waals surface area contributed by atoms with Crippen molar-refractivity contribution in [2.24, 2.45) is 13.0 Å². The molecule has 11 heteroatoms. The molecule has 2 aromatic heterocycles. The van der Waals surface area contributed by atoms with Crippen LogP contribution in [0.25, 0.3) is 22.3 Å². The van der Waals surface area contributed by atoms with Crippen LogP contribution in [-0.2, 0) is 11.8 Å². The molecule has 2 atom stereocenters. The Morgan fingerprint density at radius 2 is 1.94 bits per heavy atom. The molecule has 0 spiro atoms. The molecule has 1 aliphatic heterocycles. The average molecular weight is 450 g/mol. The van der Waals surface area contributed by atoms with Crippen LogP contribution >= 0.6 is 0 Å². The van der Waals surface area contributed by atoms with Gasteiger partial charge in [-0.25, -0.2) is 9.97 Å². The van der Waals surface area contributed by atoms with Crippen molar-refractivity contribution in [2.75, 3.05) is 20.8 Å². The van der Waals surface area contributed by atoms with E-state index in [0.29, 0.717) is 33.8 Å². The van der Waals surface area contributed by atoms with Crippen LogP contribution in [0.3, 0.4) is 0 Å². The van der Waals surface area contributed by atoms with Crippen LogP contribution < -0.4 is 19.5 Å². The van der Waals surface area contributed by atoms with Crippen LogP contribution in [0.15, 0.2) is 30.6 Å². The number of ether oxygens (including phenoxy) is 3. The summed E-state index contributed by atoms with van der Waals surface area (Å²) < 4.78 is 59.2. The second-order valence-corrected chi connectivity index (χ2v) is 7.45. The number of hydrogen-bond donors (Lipinski definition) is 1. The van der Waals surface area contributed by atoms with Gasteiger partial charge in [0.25, 0.3) is 0 Å². The minimum absolute atomic E-state index is 0.118. The highest BCUT2D eigenvalue weighted by Gasteiger charge is 2.49. The van der Waals surface area contributed by atoms with Crippen LogP contribution in [0.5, 0.6) is 17.4 Å². The van der Waals surface area contributed by atoms with Gasteiger partial charge >= 0.3 is 6.18 Å². The van der Waals surface area contributed by atoms with Crippen molar-refractivity contribution >= 4 is 16.9 Å². The number of alkyl halides is 3. The fourth-order valence-electron chi connectivity index (χ4n) is 3.76. The van der Waals surface area contributed by atoms with Gasteiger partial charge in [-0.1, -0.05) is 0 Å². The summed E-state index contributed by atoms with van der Waals surface area (Å²) in [6.07, 6.45) is -5.69. The van der Waals surface area contributed by atoms with Gasteiger partial charge in [-0.2, -0.15) is 13.2 Å². The number of benzene rings is 1. The first-order valence-electron chi connectivity index (χ1n) is 9.75. The maximum atomic E-state index is 13.9. The number of fused-ring (bicyclic) bond motifs is 1. The van der Waals surface area contributed by atoms with Gasteiger partial charge < -0.3 is 24.1 Å². The SMILES string of the molecule is COc1ccc(-c2cc3ncn(C)c3c(OC(C3CNC(=O)C3)C(F)(F)F)n2)cc1OC. The molecule has 3 heterocycles. The van der Waals surface area contributed by atoms with Gasteiger partial charge in [0.15, 0.2) is 11.5 Å². The molecule has 3 aromatic rings. The molecular weight excluding hydrogens is 429 g/mol. The number of rotatable bonds is 6. The number of hydrogen-bond acceptors (Lipinski definition) is 6. The van der Waals surface area contributed by atoms with Crippen molar-refractivity contribution in [3.8, 4) is 28.6 Å². The highest BCUT2D eigenvalue weighted by Crippen LogP contribution is 2.37. The molecule has 1 saturated heterocycles. The average Bonchev–Trinajstić information content (AvgIpc) is 3.36. The van der Waals surface area contributed by atoms with E-state index < -0.39 is 24.1 Å². The van der Waals surface area contributed by atoms with Crippen molar-refractivity contribution in [3.63, 3.8) is 0 Å². The summed E-state index contributed by atoms with van der Waals surface area (Å²) in [6, 6.07) is 6.71. The van der Waals surface area contributed by atoms with E-state index in [4.69, 9.17) is 14.2 Å². The van der Waals surface area contributed by atoms with E-state index in [-0.39, 0.29) is 18.8 Å². The Bertz CT molecular complexity index is 1160. The first kappa shape index (κ1) is 21.7. The van der Waals surface area contributed by atoms with Crippen LogP contribution in [0.2, 0.25) is 0 Å². The van der Waals surface area contributed by atoms with Gasteiger partial charge in [0, 0.05) is 31.5 Å². The third-order valence-corrected chi connectivity index (χ3v) is 5.34. The van der Waals surface area contributed by atoms with E-state index in [1.807, 2.05) is 0 Å². The van der Waals surface area contributed by atoms with E-state index >= 15 is 0 Å². The lowest BCUT2D eigenvalue weighted by atomic mass is 10.0. The minimum atomic E-state index is -4.69. The van der Waals surface area contributed by atoms with Crippen molar-refractivity contribution < 1.29 is 32.2 Å². The second-order valence-electron chi connectivity index (χ2n) is 7.45. The number of halogens is 3. The van der Waals surface area contributed by atoms with E-state index in [1.165, 1.54) is 20.5 Å². The topological polar surface area (TPSA) is 87.5 Å². The molecule has 1 N–H and O–H groups in total. The Balaban J connectivity index is 1.80. The Kier molecular flexibility index (Phi) is 5.57. The summed E-state index contributed by atoms with van der Waals surface area (Å²) in [5, 5.41) is 2.43. The lowest BCUT2D eigenvalue weighted by molar-refractivity contribution is -0.208. The monoisotopic (exact) mass is 450 g/mol. The number of pyridine rings is 1. The van der Waals surface area contributed by atoms with Crippen LogP contribution in [0.1, 0.15) is 6.42 Å². The Morgan fingerprint density at radius 3 is 2.56 bits per heavy atom. The standard InChI is InChI=1S/C21H21F3N4O4/c1-28-10-26-14-8-13(11-4-5-15(30-2)16(6-11)31-3)27-20(18(14)28)32-19(21(22,23)24)12-7-17(29)25-9-12/h4-6,8,10,12,19H,7,9H2,1-3H3,(H,25,29). The molecule has 0 bridgehead atoms. The lowest BCUT2D eigenvalue weighted by Crippen LogP contribution is -2.42. The molecule has 4 rings (SSSR count). The van der Waals surface area contributed by atoms with Crippen molar-refractivity contribution in [3.05, 3.63) is 30.6 Å². The van der Waals surface area contributed by atoms with E-state index in [1.54, 1.807) is 35.9 Å². The molecule has 170 valence electrons. The number of carbonyl (C=O) groups excluding carboxylic acids is 1. The third-order valence-electron chi connectivity index (χ3n) is 5.34. The van der Waals surface area contributed by atoms with Gasteiger partial charge in [0.2, 0.25) is 17.9 Å². The largest absolute Gasteiger partial charge is 0.493 e. The van der Waals surface area contributed by atoms with Crippen molar-refractivity contribution in [2.45, 2.75) is 18.7 Å². The van der Waals surface area contributed by atoms with Crippen molar-refractivity contribution in [1.82, 2.24) is 19.9 Å². The molecule has 1 fully saturated rings. The number of carbonyl (C=O) groups is 1. The number of imidazole rings is 1. The number of nitrogens with zero attached hydrogens (tertiary/aromatic N) is 3. The predicted octanol–water partition coefficient (Wildman–Crippen LogP) is 3.10. The Labute approximate surface area is 181 Å². The summed E-state index contributed by atoms with van der Waals surface area (Å²) >= 11 is 0. The summed E-state index contributed by atoms with van der Waals surface area (Å²) in [5.74, 6) is -0.766. The van der Waals surface area contributed by atoms with Crippen LogP contribution in [-0.4, -0.2) is 53.5 Å². The van der Waals surface area contributed by atoms with E-state index in [2.05, 4.69) is 15.3 Å². The highest BCUT2D eigenvalue weighted by atomic mass is 19.4.